The van der Waals surface area contributed by atoms with Crippen molar-refractivity contribution in [3.63, 3.8) is 0 Å². The lowest BCUT2D eigenvalue weighted by atomic mass is 9.97. The SMILES string of the molecule is COc1cccc(CNCC(C)(C)C)c1OCC1CCCO1. The van der Waals surface area contributed by atoms with Crippen molar-refractivity contribution in [3.8, 4) is 11.5 Å². The first-order chi connectivity index (χ1) is 10.5. The fourth-order valence-corrected chi connectivity index (χ4v) is 2.55. The van der Waals surface area contributed by atoms with Crippen LogP contribution < -0.4 is 14.8 Å². The van der Waals surface area contributed by atoms with Gasteiger partial charge >= 0.3 is 0 Å². The Morgan fingerprint density at radius 3 is 2.77 bits per heavy atom. The van der Waals surface area contributed by atoms with E-state index in [1.807, 2.05) is 12.1 Å². The molecule has 0 radical (unpaired) electrons. The van der Waals surface area contributed by atoms with Crippen LogP contribution in [0.3, 0.4) is 0 Å². The van der Waals surface area contributed by atoms with E-state index in [-0.39, 0.29) is 11.5 Å². The largest absolute Gasteiger partial charge is 0.493 e. The molecule has 4 nitrogen and oxygen atoms in total. The summed E-state index contributed by atoms with van der Waals surface area (Å²) in [5, 5.41) is 3.49. The Morgan fingerprint density at radius 2 is 2.14 bits per heavy atom. The molecule has 1 atom stereocenters. The molecule has 22 heavy (non-hydrogen) atoms. The minimum atomic E-state index is 0.209. The van der Waals surface area contributed by atoms with Gasteiger partial charge < -0.3 is 19.5 Å². The number of ether oxygens (including phenoxy) is 3. The summed E-state index contributed by atoms with van der Waals surface area (Å²) in [6.45, 7) is 9.83. The van der Waals surface area contributed by atoms with Gasteiger partial charge in [-0.05, 0) is 24.3 Å². The third kappa shape index (κ3) is 5.18. The van der Waals surface area contributed by atoms with E-state index in [1.54, 1.807) is 7.11 Å². The summed E-state index contributed by atoms with van der Waals surface area (Å²) in [6.07, 6.45) is 2.41. The molecule has 1 aromatic rings. The van der Waals surface area contributed by atoms with Gasteiger partial charge in [-0.15, -0.1) is 0 Å². The monoisotopic (exact) mass is 307 g/mol. The zero-order valence-electron chi connectivity index (χ0n) is 14.3. The molecule has 124 valence electrons. The topological polar surface area (TPSA) is 39.7 Å². The standard InChI is InChI=1S/C18H29NO3/c1-18(2,3)13-19-11-14-7-5-9-16(20-4)17(14)22-12-15-8-6-10-21-15/h5,7,9,15,19H,6,8,10-13H2,1-4H3. The van der Waals surface area contributed by atoms with Gasteiger partial charge in [-0.2, -0.15) is 0 Å². The smallest absolute Gasteiger partial charge is 0.165 e. The molecule has 1 N–H and O–H groups in total. The third-order valence-corrected chi connectivity index (χ3v) is 3.69. The number of hydrogen-bond donors (Lipinski definition) is 1. The van der Waals surface area contributed by atoms with Crippen molar-refractivity contribution in [1.82, 2.24) is 5.32 Å². The first-order valence-electron chi connectivity index (χ1n) is 8.10. The van der Waals surface area contributed by atoms with E-state index < -0.39 is 0 Å². The van der Waals surface area contributed by atoms with E-state index in [1.165, 1.54) is 0 Å². The van der Waals surface area contributed by atoms with Crippen molar-refractivity contribution in [2.45, 2.75) is 46.3 Å². The molecule has 1 aromatic carbocycles. The summed E-state index contributed by atoms with van der Waals surface area (Å²) in [5.41, 5.74) is 1.39. The van der Waals surface area contributed by atoms with Gasteiger partial charge in [-0.3, -0.25) is 0 Å². The predicted molar refractivity (Wildman–Crippen MR) is 88.6 cm³/mol. The normalized spacial score (nSPS) is 18.5. The first-order valence-corrected chi connectivity index (χ1v) is 8.10. The second kappa shape index (κ2) is 7.84. The second-order valence-electron chi connectivity index (χ2n) is 7.06. The Labute approximate surface area is 134 Å². The van der Waals surface area contributed by atoms with Crippen LogP contribution >= 0.6 is 0 Å². The van der Waals surface area contributed by atoms with Crippen LogP contribution in [0.25, 0.3) is 0 Å². The van der Waals surface area contributed by atoms with Crippen molar-refractivity contribution in [2.75, 3.05) is 26.9 Å². The molecule has 0 aromatic heterocycles. The zero-order chi connectivity index (χ0) is 16.0. The number of rotatable bonds is 7. The Bertz CT molecular complexity index is 462. The van der Waals surface area contributed by atoms with Crippen LogP contribution in [-0.4, -0.2) is 33.0 Å². The number of benzene rings is 1. The van der Waals surface area contributed by atoms with E-state index in [4.69, 9.17) is 14.2 Å². The van der Waals surface area contributed by atoms with Gasteiger partial charge in [0.05, 0.1) is 13.2 Å². The number of para-hydroxylation sites is 1. The molecule has 1 aliphatic rings. The highest BCUT2D eigenvalue weighted by molar-refractivity contribution is 5.46. The molecule has 1 saturated heterocycles. The molecule has 2 rings (SSSR count). The molecule has 0 aliphatic carbocycles. The molecule has 0 saturated carbocycles. The summed E-state index contributed by atoms with van der Waals surface area (Å²) in [5.74, 6) is 1.62. The van der Waals surface area contributed by atoms with E-state index in [9.17, 15) is 0 Å². The summed E-state index contributed by atoms with van der Waals surface area (Å²) >= 11 is 0. The minimum Gasteiger partial charge on any atom is -0.493 e. The highest BCUT2D eigenvalue weighted by atomic mass is 16.5. The fourth-order valence-electron chi connectivity index (χ4n) is 2.55. The fraction of sp³-hybridized carbons (Fsp3) is 0.667. The van der Waals surface area contributed by atoms with Crippen LogP contribution in [0, 0.1) is 5.41 Å². The van der Waals surface area contributed by atoms with Crippen molar-refractivity contribution < 1.29 is 14.2 Å². The van der Waals surface area contributed by atoms with E-state index in [2.05, 4.69) is 32.2 Å². The van der Waals surface area contributed by atoms with Crippen LogP contribution in [0.4, 0.5) is 0 Å². The van der Waals surface area contributed by atoms with Crippen LogP contribution in [0.1, 0.15) is 39.2 Å². The average Bonchev–Trinajstić information content (AvgIpc) is 2.97. The maximum absolute atomic E-state index is 6.04. The van der Waals surface area contributed by atoms with Gasteiger partial charge in [0.25, 0.3) is 0 Å². The van der Waals surface area contributed by atoms with Gasteiger partial charge in [0, 0.05) is 25.3 Å². The second-order valence-corrected chi connectivity index (χ2v) is 7.06. The van der Waals surface area contributed by atoms with Crippen molar-refractivity contribution >= 4 is 0 Å². The molecule has 1 aliphatic heterocycles. The number of nitrogens with one attached hydrogen (secondary N) is 1. The number of hydrogen-bond acceptors (Lipinski definition) is 4. The molecule has 1 heterocycles. The van der Waals surface area contributed by atoms with Gasteiger partial charge in [-0.25, -0.2) is 0 Å². The Balaban J connectivity index is 2.00. The van der Waals surface area contributed by atoms with Gasteiger partial charge in [0.2, 0.25) is 0 Å². The zero-order valence-corrected chi connectivity index (χ0v) is 14.3. The van der Waals surface area contributed by atoms with Crippen molar-refractivity contribution in [2.24, 2.45) is 5.41 Å². The van der Waals surface area contributed by atoms with Crippen LogP contribution in [-0.2, 0) is 11.3 Å². The third-order valence-electron chi connectivity index (χ3n) is 3.69. The lowest BCUT2D eigenvalue weighted by molar-refractivity contribution is 0.0665. The number of methoxy groups -OCH3 is 1. The maximum atomic E-state index is 6.04. The summed E-state index contributed by atoms with van der Waals surface area (Å²) in [7, 11) is 1.68. The maximum Gasteiger partial charge on any atom is 0.165 e. The molecule has 0 spiro atoms. The average molecular weight is 307 g/mol. The van der Waals surface area contributed by atoms with Gasteiger partial charge in [-0.1, -0.05) is 32.9 Å². The van der Waals surface area contributed by atoms with Crippen LogP contribution in [0.5, 0.6) is 11.5 Å². The molecular weight excluding hydrogens is 278 g/mol. The molecule has 0 bridgehead atoms. The van der Waals surface area contributed by atoms with E-state index in [0.717, 1.165) is 49.6 Å². The molecular formula is C18H29NO3. The Kier molecular flexibility index (Phi) is 6.09. The summed E-state index contributed by atoms with van der Waals surface area (Å²) in [6, 6.07) is 6.03. The van der Waals surface area contributed by atoms with Crippen molar-refractivity contribution in [1.29, 1.82) is 0 Å². The molecule has 1 unspecified atom stereocenters. The summed E-state index contributed by atoms with van der Waals surface area (Å²) < 4.78 is 17.1. The molecule has 0 amide bonds. The minimum absolute atomic E-state index is 0.209. The highest BCUT2D eigenvalue weighted by Crippen LogP contribution is 2.32. The Morgan fingerprint density at radius 1 is 1.32 bits per heavy atom. The lowest BCUT2D eigenvalue weighted by Crippen LogP contribution is -2.26. The Hall–Kier alpha value is -1.26. The first kappa shape index (κ1) is 17.1. The lowest BCUT2D eigenvalue weighted by Gasteiger charge is -2.21. The van der Waals surface area contributed by atoms with Gasteiger partial charge in [0.1, 0.15) is 6.61 Å². The summed E-state index contributed by atoms with van der Waals surface area (Å²) in [4.78, 5) is 0. The van der Waals surface area contributed by atoms with Crippen LogP contribution in [0.15, 0.2) is 18.2 Å². The van der Waals surface area contributed by atoms with Crippen molar-refractivity contribution in [3.05, 3.63) is 23.8 Å². The van der Waals surface area contributed by atoms with Gasteiger partial charge in [0.15, 0.2) is 11.5 Å². The predicted octanol–water partition coefficient (Wildman–Crippen LogP) is 3.39. The molecule has 4 heteroatoms. The molecule has 1 fully saturated rings. The van der Waals surface area contributed by atoms with E-state index in [0.29, 0.717) is 6.61 Å². The quantitative estimate of drug-likeness (QED) is 0.838. The van der Waals surface area contributed by atoms with E-state index >= 15 is 0 Å². The highest BCUT2D eigenvalue weighted by Gasteiger charge is 2.19. The van der Waals surface area contributed by atoms with Crippen LogP contribution in [0.2, 0.25) is 0 Å².